The average molecular weight is 315 g/mol. The Kier molecular flexibility index (Phi) is 3.47. The quantitative estimate of drug-likeness (QED) is 0.788. The molecule has 5 heteroatoms. The van der Waals surface area contributed by atoms with Crippen molar-refractivity contribution in [3.63, 3.8) is 0 Å². The van der Waals surface area contributed by atoms with Crippen LogP contribution in [0.4, 0.5) is 4.79 Å². The summed E-state index contributed by atoms with van der Waals surface area (Å²) in [6.45, 7) is 5.46. The maximum atomic E-state index is 12.5. The summed E-state index contributed by atoms with van der Waals surface area (Å²) in [5.74, 6) is -0.401. The van der Waals surface area contributed by atoms with Crippen LogP contribution in [0.2, 0.25) is 0 Å². The molecule has 23 heavy (non-hydrogen) atoms. The molecule has 0 unspecified atom stereocenters. The number of rotatable bonds is 2. The zero-order valence-corrected chi connectivity index (χ0v) is 13.8. The SMILES string of the molecule is COC(=O)[C@]1(c2ccccc2)[C@H]2C=CN(C(=O)OC(C)(C)C)[C@H]21. The number of nitrogens with zero attached hydrogens (tertiary/aromatic N) is 1. The predicted octanol–water partition coefficient (Wildman–Crippen LogP) is 2.86. The molecule has 1 aliphatic carbocycles. The van der Waals surface area contributed by atoms with Gasteiger partial charge in [0.1, 0.15) is 11.0 Å². The molecule has 1 aliphatic heterocycles. The minimum atomic E-state index is -0.832. The van der Waals surface area contributed by atoms with Crippen LogP contribution in [0.1, 0.15) is 26.3 Å². The first-order valence-electron chi connectivity index (χ1n) is 7.66. The van der Waals surface area contributed by atoms with Gasteiger partial charge >= 0.3 is 12.1 Å². The first-order valence-corrected chi connectivity index (χ1v) is 7.66. The second kappa shape index (κ2) is 5.11. The maximum absolute atomic E-state index is 12.5. The second-order valence-corrected chi connectivity index (χ2v) is 6.93. The van der Waals surface area contributed by atoms with Crippen LogP contribution in [-0.2, 0) is 19.7 Å². The summed E-state index contributed by atoms with van der Waals surface area (Å²) in [5, 5.41) is 0. The summed E-state index contributed by atoms with van der Waals surface area (Å²) >= 11 is 0. The molecule has 0 radical (unpaired) electrons. The van der Waals surface area contributed by atoms with Crippen LogP contribution < -0.4 is 0 Å². The molecule has 1 aromatic carbocycles. The molecule has 0 spiro atoms. The fourth-order valence-electron chi connectivity index (χ4n) is 3.43. The van der Waals surface area contributed by atoms with Crippen molar-refractivity contribution in [3.05, 3.63) is 48.2 Å². The van der Waals surface area contributed by atoms with Crippen molar-refractivity contribution < 1.29 is 19.1 Å². The lowest BCUT2D eigenvalue weighted by Gasteiger charge is -2.27. The van der Waals surface area contributed by atoms with Gasteiger partial charge < -0.3 is 9.47 Å². The van der Waals surface area contributed by atoms with E-state index >= 15 is 0 Å². The minimum absolute atomic E-state index is 0.0788. The Morgan fingerprint density at radius 3 is 2.39 bits per heavy atom. The highest BCUT2D eigenvalue weighted by molar-refractivity contribution is 5.92. The molecule has 1 amide bonds. The van der Waals surface area contributed by atoms with Crippen LogP contribution >= 0.6 is 0 Å². The number of ether oxygens (including phenoxy) is 2. The number of fused-ring (bicyclic) bond motifs is 1. The summed E-state index contributed by atoms with van der Waals surface area (Å²) in [6, 6.07) is 9.18. The van der Waals surface area contributed by atoms with Gasteiger partial charge in [-0.2, -0.15) is 0 Å². The fraction of sp³-hybridized carbons (Fsp3) is 0.444. The van der Waals surface area contributed by atoms with E-state index in [1.807, 2.05) is 57.2 Å². The summed E-state index contributed by atoms with van der Waals surface area (Å²) in [6.07, 6.45) is 3.15. The molecule has 1 heterocycles. The molecule has 0 aromatic heterocycles. The third-order valence-corrected chi connectivity index (χ3v) is 4.36. The van der Waals surface area contributed by atoms with Gasteiger partial charge in [0.25, 0.3) is 0 Å². The van der Waals surface area contributed by atoms with Crippen molar-refractivity contribution in [2.75, 3.05) is 7.11 Å². The first kappa shape index (κ1) is 15.6. The van der Waals surface area contributed by atoms with Gasteiger partial charge in [-0.05, 0) is 26.3 Å². The molecule has 5 nitrogen and oxygen atoms in total. The van der Waals surface area contributed by atoms with Crippen LogP contribution in [0.25, 0.3) is 0 Å². The molecule has 3 rings (SSSR count). The topological polar surface area (TPSA) is 55.8 Å². The lowest BCUT2D eigenvalue weighted by Crippen LogP contribution is -2.39. The number of carbonyl (C=O) groups is 2. The highest BCUT2D eigenvalue weighted by atomic mass is 16.6. The number of hydrogen-bond acceptors (Lipinski definition) is 4. The van der Waals surface area contributed by atoms with Crippen molar-refractivity contribution in [3.8, 4) is 0 Å². The predicted molar refractivity (Wildman–Crippen MR) is 84.6 cm³/mol. The number of methoxy groups -OCH3 is 1. The lowest BCUT2D eigenvalue weighted by atomic mass is 9.91. The molecule has 1 saturated carbocycles. The van der Waals surface area contributed by atoms with E-state index < -0.39 is 17.1 Å². The zero-order chi connectivity index (χ0) is 16.8. The number of esters is 1. The van der Waals surface area contributed by atoms with Crippen LogP contribution in [0.15, 0.2) is 42.6 Å². The zero-order valence-electron chi connectivity index (χ0n) is 13.8. The third-order valence-electron chi connectivity index (χ3n) is 4.36. The molecule has 0 bridgehead atoms. The van der Waals surface area contributed by atoms with Gasteiger partial charge in [-0.15, -0.1) is 0 Å². The maximum Gasteiger partial charge on any atom is 0.414 e. The molecule has 2 aliphatic rings. The van der Waals surface area contributed by atoms with E-state index in [-0.39, 0.29) is 17.9 Å². The monoisotopic (exact) mass is 315 g/mol. The Labute approximate surface area is 135 Å². The van der Waals surface area contributed by atoms with Gasteiger partial charge in [0.2, 0.25) is 0 Å². The van der Waals surface area contributed by atoms with E-state index in [2.05, 4.69) is 0 Å². The van der Waals surface area contributed by atoms with E-state index in [4.69, 9.17) is 9.47 Å². The van der Waals surface area contributed by atoms with E-state index in [1.165, 1.54) is 12.0 Å². The average Bonchev–Trinajstić information content (AvgIpc) is 2.94. The van der Waals surface area contributed by atoms with Crippen molar-refractivity contribution in [2.24, 2.45) is 5.92 Å². The van der Waals surface area contributed by atoms with E-state index in [0.29, 0.717) is 0 Å². The van der Waals surface area contributed by atoms with Crippen molar-refractivity contribution in [1.29, 1.82) is 0 Å². The van der Waals surface area contributed by atoms with Crippen molar-refractivity contribution in [2.45, 2.75) is 37.8 Å². The van der Waals surface area contributed by atoms with Gasteiger partial charge in [-0.1, -0.05) is 36.4 Å². The molecule has 122 valence electrons. The number of carbonyl (C=O) groups excluding carboxylic acids is 2. The van der Waals surface area contributed by atoms with Crippen LogP contribution in [0.3, 0.4) is 0 Å². The third kappa shape index (κ3) is 2.31. The van der Waals surface area contributed by atoms with Gasteiger partial charge in [0, 0.05) is 12.1 Å². The largest absolute Gasteiger partial charge is 0.468 e. The Hall–Kier alpha value is -2.30. The first-order chi connectivity index (χ1) is 10.8. The summed E-state index contributed by atoms with van der Waals surface area (Å²) in [7, 11) is 1.38. The molecule has 0 N–H and O–H groups in total. The Balaban J connectivity index is 1.93. The van der Waals surface area contributed by atoms with E-state index in [0.717, 1.165) is 5.56 Å². The molecule has 0 saturated heterocycles. The lowest BCUT2D eigenvalue weighted by molar-refractivity contribution is -0.144. The Bertz CT molecular complexity index is 661. The number of hydrogen-bond donors (Lipinski definition) is 0. The molecular weight excluding hydrogens is 294 g/mol. The van der Waals surface area contributed by atoms with Crippen molar-refractivity contribution in [1.82, 2.24) is 4.90 Å². The Morgan fingerprint density at radius 1 is 1.17 bits per heavy atom. The van der Waals surface area contributed by atoms with Crippen LogP contribution in [-0.4, -0.2) is 35.7 Å². The summed E-state index contributed by atoms with van der Waals surface area (Å²) in [4.78, 5) is 26.5. The fourth-order valence-corrected chi connectivity index (χ4v) is 3.43. The van der Waals surface area contributed by atoms with Gasteiger partial charge in [-0.3, -0.25) is 9.69 Å². The number of benzene rings is 1. The molecule has 1 fully saturated rings. The molecular formula is C18H21NO4. The van der Waals surface area contributed by atoms with Crippen molar-refractivity contribution >= 4 is 12.1 Å². The smallest absolute Gasteiger partial charge is 0.414 e. The highest BCUT2D eigenvalue weighted by Crippen LogP contribution is 2.61. The highest BCUT2D eigenvalue weighted by Gasteiger charge is 2.75. The number of amides is 1. The second-order valence-electron chi connectivity index (χ2n) is 6.93. The van der Waals surface area contributed by atoms with Gasteiger partial charge in [-0.25, -0.2) is 4.79 Å². The van der Waals surface area contributed by atoms with Gasteiger partial charge in [0.15, 0.2) is 0 Å². The summed E-state index contributed by atoms with van der Waals surface area (Å²) in [5.41, 5.74) is -0.556. The normalized spacial score (nSPS) is 28.3. The van der Waals surface area contributed by atoms with Crippen LogP contribution in [0, 0.1) is 5.92 Å². The molecule has 1 aromatic rings. The Morgan fingerprint density at radius 2 is 1.83 bits per heavy atom. The van der Waals surface area contributed by atoms with Crippen LogP contribution in [0.5, 0.6) is 0 Å². The van der Waals surface area contributed by atoms with E-state index in [9.17, 15) is 9.59 Å². The minimum Gasteiger partial charge on any atom is -0.468 e. The van der Waals surface area contributed by atoms with E-state index in [1.54, 1.807) is 6.20 Å². The summed E-state index contributed by atoms with van der Waals surface area (Å²) < 4.78 is 10.5. The standard InChI is InChI=1S/C18H21NO4/c1-17(2,3)23-16(21)19-11-10-13-14(19)18(13,15(20)22-4)12-8-6-5-7-9-12/h5-11,13-14H,1-4H3/t13-,14+,18+/m0/s1. The molecule has 3 atom stereocenters. The van der Waals surface area contributed by atoms with Gasteiger partial charge in [0.05, 0.1) is 13.2 Å².